The van der Waals surface area contributed by atoms with Crippen molar-refractivity contribution in [3.05, 3.63) is 177 Å². The molecule has 0 saturated carbocycles. The van der Waals surface area contributed by atoms with E-state index in [4.69, 9.17) is 9.47 Å². The maximum Gasteiger partial charge on any atom is 0.265 e. The van der Waals surface area contributed by atoms with Crippen LogP contribution in [-0.2, 0) is 58.3 Å². The van der Waals surface area contributed by atoms with Gasteiger partial charge >= 0.3 is 0 Å². The molecule has 6 nitrogen and oxygen atoms in total. The van der Waals surface area contributed by atoms with Gasteiger partial charge in [-0.3, -0.25) is 0 Å². The number of hydrogen-bond donors (Lipinski definition) is 2. The van der Waals surface area contributed by atoms with Crippen LogP contribution in [0.1, 0.15) is 216 Å². The number of aromatic nitrogens is 2. The SMILES string of the molecule is Cc1cc(F)cc(-c2cc(C(C)(C)CC(C)(C)C)cc(-n3c4cc(C(C)(C)C)ccc4c4ccc(C(C)(C)C)cc43)c2O)c1[OH+]CCC[OH+]c1c(C)cc(F)cc1-c1cc(C(C)(C)CC(C)(C)C)cc(-n2c3cc(C(C)(C)C)ccc3c3ccc(C(C)(C)C)cc32)c1O.[Hf]. The Bertz CT molecular complexity index is 4120. The van der Waals surface area contributed by atoms with Crippen molar-refractivity contribution in [1.29, 1.82) is 0 Å². The molecule has 0 aliphatic heterocycles. The van der Waals surface area contributed by atoms with Gasteiger partial charge in [-0.1, -0.05) is 201 Å². The largest absolute Gasteiger partial charge is 0.582 e. The maximum atomic E-state index is 16.3. The van der Waals surface area contributed by atoms with E-state index in [9.17, 15) is 10.2 Å². The number of phenols is 2. The van der Waals surface area contributed by atoms with E-state index in [1.165, 1.54) is 46.5 Å². The van der Waals surface area contributed by atoms with Crippen LogP contribution >= 0.6 is 0 Å². The Morgan fingerprint density at radius 3 is 0.883 bits per heavy atom. The van der Waals surface area contributed by atoms with E-state index >= 15 is 8.78 Å². The van der Waals surface area contributed by atoms with Gasteiger partial charge in [0.2, 0.25) is 0 Å². The number of phenolic OH excluding ortho intramolecular Hbond substituents is 2. The van der Waals surface area contributed by atoms with Gasteiger partial charge in [0.05, 0.1) is 44.6 Å². The van der Waals surface area contributed by atoms with Gasteiger partial charge in [-0.05, 0) is 176 Å². The first-order valence-corrected chi connectivity index (χ1v) is 33.7. The smallest absolute Gasteiger partial charge is 0.265 e. The summed E-state index contributed by atoms with van der Waals surface area (Å²) in [4.78, 5) is 0. The Kier molecular flexibility index (Phi) is 19.1. The average Bonchev–Trinajstić information content (AvgIpc) is 1.58. The third-order valence-corrected chi connectivity index (χ3v) is 19.1. The van der Waals surface area contributed by atoms with Gasteiger partial charge in [0, 0.05) is 69.6 Å². The molecule has 10 rings (SSSR count). The molecule has 10 aromatic rings. The summed E-state index contributed by atoms with van der Waals surface area (Å²) in [6.07, 6.45) is 2.19. The fourth-order valence-corrected chi connectivity index (χ4v) is 14.8. The molecule has 496 valence electrons. The molecule has 0 aliphatic carbocycles. The quantitative estimate of drug-likeness (QED) is 0.0647. The molecule has 0 aliphatic rings. The van der Waals surface area contributed by atoms with Crippen molar-refractivity contribution in [2.45, 2.75) is 218 Å². The van der Waals surface area contributed by atoms with E-state index in [1.807, 2.05) is 13.8 Å². The summed E-state index contributed by atoms with van der Waals surface area (Å²) in [5.74, 6) is 0.435. The Hall–Kier alpha value is -6.71. The van der Waals surface area contributed by atoms with Crippen molar-refractivity contribution in [3.8, 4) is 56.6 Å². The molecule has 0 amide bonds. The summed E-state index contributed by atoms with van der Waals surface area (Å²) in [6.45, 7) is 53.7. The van der Waals surface area contributed by atoms with Crippen molar-refractivity contribution in [2.24, 2.45) is 10.8 Å². The first kappa shape index (κ1) is 71.6. The number of halogens is 2. The molecular weight excluding hydrogens is 1330 g/mol. The van der Waals surface area contributed by atoms with Crippen molar-refractivity contribution < 1.29 is 54.3 Å². The molecule has 0 unspecified atom stereocenters. The zero-order chi connectivity index (χ0) is 68.4. The number of hydrogen-bond acceptors (Lipinski definition) is 2. The molecule has 0 atom stereocenters. The number of aromatic hydroxyl groups is 4. The molecule has 2 aromatic heterocycles. The van der Waals surface area contributed by atoms with Gasteiger partial charge in [-0.15, -0.1) is 0 Å². The Morgan fingerprint density at radius 1 is 0.351 bits per heavy atom. The van der Waals surface area contributed by atoms with Gasteiger partial charge < -0.3 is 28.8 Å². The molecule has 0 fully saturated rings. The number of nitrogens with zero attached hydrogens (tertiary/aromatic N) is 2. The predicted octanol–water partition coefficient (Wildman–Crippen LogP) is 23.7. The second-order valence-electron chi connectivity index (χ2n) is 35.0. The Labute approximate surface area is 579 Å². The van der Waals surface area contributed by atoms with Crippen LogP contribution in [-0.4, -0.2) is 42.0 Å². The third-order valence-electron chi connectivity index (χ3n) is 19.1. The van der Waals surface area contributed by atoms with E-state index in [-0.39, 0.29) is 80.7 Å². The van der Waals surface area contributed by atoms with E-state index in [0.29, 0.717) is 75.9 Å². The summed E-state index contributed by atoms with van der Waals surface area (Å²) < 4.78 is 47.7. The van der Waals surface area contributed by atoms with Crippen molar-refractivity contribution in [3.63, 3.8) is 0 Å². The number of benzene rings is 8. The summed E-state index contributed by atoms with van der Waals surface area (Å²) in [5.41, 5.74) is 13.8. The third kappa shape index (κ3) is 14.4. The molecule has 94 heavy (non-hydrogen) atoms. The summed E-state index contributed by atoms with van der Waals surface area (Å²) in [7, 11) is 0. The van der Waals surface area contributed by atoms with Crippen LogP contribution in [0.2, 0.25) is 0 Å². The van der Waals surface area contributed by atoms with Gasteiger partial charge in [-0.2, -0.15) is 0 Å². The van der Waals surface area contributed by atoms with Crippen LogP contribution in [0.3, 0.4) is 0 Å². The molecule has 8 aromatic carbocycles. The fraction of sp³-hybridized carbons (Fsp3) is 0.435. The number of fused-ring (bicyclic) bond motifs is 6. The van der Waals surface area contributed by atoms with Gasteiger partial charge in [0.1, 0.15) is 29.6 Å². The molecule has 2 heterocycles. The topological polar surface area (TPSA) is 75.9 Å². The second kappa shape index (κ2) is 25.1. The minimum atomic E-state index is -0.419. The average molecular weight is 1440 g/mol. The van der Waals surface area contributed by atoms with Crippen LogP contribution in [0.5, 0.6) is 23.0 Å². The second-order valence-corrected chi connectivity index (χ2v) is 35.0. The monoisotopic (exact) mass is 1440 g/mol. The standard InChI is InChI=1S/C85H104F2N2O4.Hf/c1-50-36-58(86)46-66(64-38-56(84(21,22)48-78(3,4)5)44-72(74(64)90)88-68-40-52(80(9,10)11)26-30-60(68)61-31-27-53(41-69(61)88)81(12,13)14)76(50)92-34-25-35-93-77-51(2)37-59(87)47-67(77)65-39-57(85(23,24)49-79(6,7)8)45-73(75(65)91)89-70-42-54(82(15,16)17)28-32-62(70)63-33-29-55(43-71(63)89)83(18,19)20;/h26-33,36-47,90-91H,25,34-35,48-49H2,1-24H3;/p+2. The van der Waals surface area contributed by atoms with Crippen LogP contribution < -0.4 is 0 Å². The molecule has 4 N–H and O–H groups in total. The number of rotatable bonds is 14. The Balaban J connectivity index is 0.0000104. The minimum Gasteiger partial charge on any atom is -0.582 e. The van der Waals surface area contributed by atoms with E-state index in [1.54, 1.807) is 0 Å². The van der Waals surface area contributed by atoms with Crippen molar-refractivity contribution >= 4 is 43.6 Å². The van der Waals surface area contributed by atoms with Crippen LogP contribution in [0.25, 0.3) is 77.2 Å². The van der Waals surface area contributed by atoms with Gasteiger partial charge in [-0.25, -0.2) is 8.78 Å². The minimum absolute atomic E-state index is 0. The number of aliphatic hydroxyl groups is 2. The van der Waals surface area contributed by atoms with Crippen LogP contribution in [0, 0.1) is 36.3 Å². The first-order chi connectivity index (χ1) is 42.8. The summed E-state index contributed by atoms with van der Waals surface area (Å²) >= 11 is 0. The zero-order valence-electron chi connectivity index (χ0n) is 61.0. The fourth-order valence-electron chi connectivity index (χ4n) is 14.8. The molecule has 9 heteroatoms. The van der Waals surface area contributed by atoms with E-state index < -0.39 is 11.6 Å². The normalized spacial score (nSPS) is 13.2. The number of aryl methyl sites for hydroxylation is 2. The zero-order valence-corrected chi connectivity index (χ0v) is 64.6. The summed E-state index contributed by atoms with van der Waals surface area (Å²) in [6, 6.07) is 41.4. The Morgan fingerprint density at radius 2 is 0.628 bits per heavy atom. The van der Waals surface area contributed by atoms with E-state index in [2.05, 4.69) is 259 Å². The molecule has 0 saturated heterocycles. The molecule has 0 spiro atoms. The van der Waals surface area contributed by atoms with Gasteiger partial charge in [0.15, 0.2) is 13.2 Å². The molecule has 0 bridgehead atoms. The molecular formula is C85H106F2HfN2O4+2. The first-order valence-electron chi connectivity index (χ1n) is 33.7. The van der Waals surface area contributed by atoms with Gasteiger partial charge in [0.25, 0.3) is 11.5 Å². The van der Waals surface area contributed by atoms with Crippen molar-refractivity contribution in [2.75, 3.05) is 13.2 Å². The van der Waals surface area contributed by atoms with E-state index in [0.717, 1.165) is 67.6 Å². The van der Waals surface area contributed by atoms with Crippen molar-refractivity contribution in [1.82, 2.24) is 9.13 Å². The van der Waals surface area contributed by atoms with Crippen LogP contribution in [0.15, 0.2) is 121 Å². The predicted molar refractivity (Wildman–Crippen MR) is 392 cm³/mol. The molecule has 0 radical (unpaired) electrons. The maximum absolute atomic E-state index is 16.3. The number of ether oxygens (including phenoxy) is 2. The summed E-state index contributed by atoms with van der Waals surface area (Å²) in [5, 5.41) is 30.8. The van der Waals surface area contributed by atoms with Crippen LogP contribution in [0.4, 0.5) is 8.78 Å².